The van der Waals surface area contributed by atoms with E-state index in [0.29, 0.717) is 6.54 Å². The van der Waals surface area contributed by atoms with Crippen LogP contribution in [0.4, 0.5) is 13.2 Å². The summed E-state index contributed by atoms with van der Waals surface area (Å²) >= 11 is 0. The summed E-state index contributed by atoms with van der Waals surface area (Å²) in [5.41, 5.74) is 0.272. The normalized spacial score (nSPS) is 14.9. The van der Waals surface area contributed by atoms with Gasteiger partial charge in [0.1, 0.15) is 0 Å². The molecule has 0 spiro atoms. The Morgan fingerprint density at radius 1 is 1.11 bits per heavy atom. The number of benzene rings is 1. The van der Waals surface area contributed by atoms with Crippen molar-refractivity contribution >= 4 is 17.0 Å². The molecule has 100 valence electrons. The standard InChI is InChI=1S/C12H13F3N2.BrH/c1-16-6-7-17(9-16)8-10-2-4-11(5-3-10)12(13,14)15;/h2-7H,8-9H2,1H3;1H. The zero-order valence-corrected chi connectivity index (χ0v) is 11.5. The van der Waals surface area contributed by atoms with Crippen molar-refractivity contribution in [1.29, 1.82) is 0 Å². The van der Waals surface area contributed by atoms with Gasteiger partial charge in [0.2, 0.25) is 0 Å². The molecule has 0 amide bonds. The Bertz CT molecular complexity index is 414. The topological polar surface area (TPSA) is 6.48 Å². The lowest BCUT2D eigenvalue weighted by atomic mass is 10.1. The number of rotatable bonds is 2. The second-order valence-corrected chi connectivity index (χ2v) is 4.14. The van der Waals surface area contributed by atoms with E-state index in [1.807, 2.05) is 29.2 Å². The Morgan fingerprint density at radius 3 is 2.17 bits per heavy atom. The molecule has 0 aliphatic carbocycles. The predicted molar refractivity (Wildman–Crippen MR) is 69.1 cm³/mol. The van der Waals surface area contributed by atoms with Crippen LogP contribution in [-0.2, 0) is 12.7 Å². The van der Waals surface area contributed by atoms with Gasteiger partial charge in [0, 0.05) is 26.0 Å². The molecule has 0 radical (unpaired) electrons. The van der Waals surface area contributed by atoms with Crippen LogP contribution < -0.4 is 0 Å². The monoisotopic (exact) mass is 322 g/mol. The first-order chi connectivity index (χ1) is 7.95. The summed E-state index contributed by atoms with van der Waals surface area (Å²) < 4.78 is 37.0. The number of hydrogen-bond donors (Lipinski definition) is 0. The van der Waals surface area contributed by atoms with Crippen LogP contribution in [0.25, 0.3) is 0 Å². The van der Waals surface area contributed by atoms with Gasteiger partial charge in [0.15, 0.2) is 0 Å². The molecule has 1 aliphatic heterocycles. The molecule has 1 aromatic rings. The molecule has 2 nitrogen and oxygen atoms in total. The van der Waals surface area contributed by atoms with Gasteiger partial charge in [0.25, 0.3) is 0 Å². The van der Waals surface area contributed by atoms with Crippen molar-refractivity contribution in [3.05, 3.63) is 47.8 Å². The first-order valence-electron chi connectivity index (χ1n) is 5.24. The molecule has 0 bridgehead atoms. The van der Waals surface area contributed by atoms with Gasteiger partial charge in [-0.05, 0) is 17.7 Å². The van der Waals surface area contributed by atoms with E-state index in [4.69, 9.17) is 0 Å². The summed E-state index contributed by atoms with van der Waals surface area (Å²) in [5.74, 6) is 0. The van der Waals surface area contributed by atoms with Gasteiger partial charge in [-0.1, -0.05) is 12.1 Å². The van der Waals surface area contributed by atoms with Gasteiger partial charge < -0.3 is 9.80 Å². The fourth-order valence-electron chi connectivity index (χ4n) is 1.73. The molecule has 0 saturated heterocycles. The van der Waals surface area contributed by atoms with Crippen molar-refractivity contribution in [3.63, 3.8) is 0 Å². The molecule has 6 heteroatoms. The average Bonchev–Trinajstić information content (AvgIpc) is 2.63. The summed E-state index contributed by atoms with van der Waals surface area (Å²) in [6, 6.07) is 5.29. The molecule has 1 heterocycles. The summed E-state index contributed by atoms with van der Waals surface area (Å²) in [4.78, 5) is 4.03. The second-order valence-electron chi connectivity index (χ2n) is 4.14. The van der Waals surface area contributed by atoms with Crippen LogP contribution in [0.15, 0.2) is 36.7 Å². The predicted octanol–water partition coefficient (Wildman–Crippen LogP) is 3.46. The van der Waals surface area contributed by atoms with Crippen LogP contribution in [0.3, 0.4) is 0 Å². The first kappa shape index (κ1) is 14.9. The quantitative estimate of drug-likeness (QED) is 0.822. The summed E-state index contributed by atoms with van der Waals surface area (Å²) in [6.45, 7) is 1.39. The minimum atomic E-state index is -4.26. The molecule has 0 fully saturated rings. The maximum absolute atomic E-state index is 12.3. The van der Waals surface area contributed by atoms with E-state index in [1.165, 1.54) is 12.1 Å². The summed E-state index contributed by atoms with van der Waals surface area (Å²) in [5, 5.41) is 0. The van der Waals surface area contributed by atoms with Crippen LogP contribution in [-0.4, -0.2) is 23.5 Å². The highest BCUT2D eigenvalue weighted by Crippen LogP contribution is 2.29. The third kappa shape index (κ3) is 3.66. The molecule has 1 aliphatic rings. The molecule has 2 rings (SSSR count). The van der Waals surface area contributed by atoms with E-state index in [0.717, 1.165) is 24.4 Å². The van der Waals surface area contributed by atoms with Crippen LogP contribution in [0.5, 0.6) is 0 Å². The van der Waals surface area contributed by atoms with E-state index in [9.17, 15) is 13.2 Å². The third-order valence-electron chi connectivity index (χ3n) is 2.60. The van der Waals surface area contributed by atoms with Crippen molar-refractivity contribution in [2.75, 3.05) is 13.7 Å². The molecule has 18 heavy (non-hydrogen) atoms. The van der Waals surface area contributed by atoms with Gasteiger partial charge in [-0.3, -0.25) is 0 Å². The average molecular weight is 323 g/mol. The fourth-order valence-corrected chi connectivity index (χ4v) is 1.73. The molecule has 0 atom stereocenters. The highest BCUT2D eigenvalue weighted by molar-refractivity contribution is 8.93. The second kappa shape index (κ2) is 5.65. The number of halogens is 4. The fraction of sp³-hybridized carbons (Fsp3) is 0.333. The van der Waals surface area contributed by atoms with Crippen LogP contribution >= 0.6 is 17.0 Å². The summed E-state index contributed by atoms with van der Waals surface area (Å²) in [7, 11) is 1.95. The minimum absolute atomic E-state index is 0. The van der Waals surface area contributed by atoms with E-state index < -0.39 is 11.7 Å². The maximum atomic E-state index is 12.3. The van der Waals surface area contributed by atoms with Crippen molar-refractivity contribution in [2.45, 2.75) is 12.7 Å². The van der Waals surface area contributed by atoms with Crippen molar-refractivity contribution in [1.82, 2.24) is 9.80 Å². The molecule has 0 aromatic heterocycles. The van der Waals surface area contributed by atoms with E-state index in [1.54, 1.807) is 0 Å². The molecular formula is C12H14BrF3N2. The summed E-state index contributed by atoms with van der Waals surface area (Å²) in [6.07, 6.45) is -0.395. The Morgan fingerprint density at radius 2 is 1.72 bits per heavy atom. The Labute approximate surface area is 114 Å². The SMILES string of the molecule is Br.CN1C=CN(Cc2ccc(C(F)(F)F)cc2)C1. The Balaban J connectivity index is 0.00000162. The van der Waals surface area contributed by atoms with Gasteiger partial charge in [-0.15, -0.1) is 17.0 Å². The van der Waals surface area contributed by atoms with Gasteiger partial charge in [-0.2, -0.15) is 13.2 Å². The van der Waals surface area contributed by atoms with Gasteiger partial charge in [0.05, 0.1) is 12.2 Å². The Kier molecular flexibility index (Phi) is 4.67. The van der Waals surface area contributed by atoms with Crippen LogP contribution in [0, 0.1) is 0 Å². The molecule has 0 saturated carbocycles. The highest BCUT2D eigenvalue weighted by atomic mass is 79.9. The number of alkyl halides is 3. The smallest absolute Gasteiger partial charge is 0.362 e. The lowest BCUT2D eigenvalue weighted by Gasteiger charge is -2.18. The van der Waals surface area contributed by atoms with E-state index in [-0.39, 0.29) is 17.0 Å². The Hall–Kier alpha value is -1.17. The van der Waals surface area contributed by atoms with Crippen molar-refractivity contribution in [3.8, 4) is 0 Å². The van der Waals surface area contributed by atoms with E-state index in [2.05, 4.69) is 0 Å². The van der Waals surface area contributed by atoms with Gasteiger partial charge >= 0.3 is 6.18 Å². The lowest BCUT2D eigenvalue weighted by molar-refractivity contribution is -0.137. The maximum Gasteiger partial charge on any atom is 0.416 e. The lowest BCUT2D eigenvalue weighted by Crippen LogP contribution is -2.21. The third-order valence-corrected chi connectivity index (χ3v) is 2.60. The van der Waals surface area contributed by atoms with Crippen molar-refractivity contribution < 1.29 is 13.2 Å². The van der Waals surface area contributed by atoms with E-state index >= 15 is 0 Å². The molecule has 0 unspecified atom stereocenters. The number of hydrogen-bond acceptors (Lipinski definition) is 2. The molecule has 1 aromatic carbocycles. The largest absolute Gasteiger partial charge is 0.416 e. The highest BCUT2D eigenvalue weighted by Gasteiger charge is 2.29. The van der Waals surface area contributed by atoms with Crippen LogP contribution in [0.2, 0.25) is 0 Å². The zero-order chi connectivity index (χ0) is 12.5. The number of nitrogens with zero attached hydrogens (tertiary/aromatic N) is 2. The zero-order valence-electron chi connectivity index (χ0n) is 9.81. The van der Waals surface area contributed by atoms with Crippen LogP contribution in [0.1, 0.15) is 11.1 Å². The molecule has 0 N–H and O–H groups in total. The van der Waals surface area contributed by atoms with Crippen molar-refractivity contribution in [2.24, 2.45) is 0 Å². The first-order valence-corrected chi connectivity index (χ1v) is 5.24. The minimum Gasteiger partial charge on any atom is -0.362 e. The van der Waals surface area contributed by atoms with Gasteiger partial charge in [-0.25, -0.2) is 0 Å². The molecular weight excluding hydrogens is 309 g/mol.